The second-order valence-electron chi connectivity index (χ2n) is 6.20. The molecule has 0 bridgehead atoms. The maximum absolute atomic E-state index is 5.79. The highest BCUT2D eigenvalue weighted by Gasteiger charge is 2.20. The molecule has 0 aliphatic carbocycles. The number of hydrogen-bond donors (Lipinski definition) is 1. The third-order valence-corrected chi connectivity index (χ3v) is 4.60. The summed E-state index contributed by atoms with van der Waals surface area (Å²) in [6.45, 7) is 5.02. The third kappa shape index (κ3) is 3.98. The zero-order chi connectivity index (χ0) is 14.5. The molecule has 2 unspecified atom stereocenters. The Morgan fingerprint density at radius 1 is 1.33 bits per heavy atom. The molecule has 116 valence electrons. The van der Waals surface area contributed by atoms with Gasteiger partial charge in [0.15, 0.2) is 0 Å². The van der Waals surface area contributed by atoms with Crippen molar-refractivity contribution in [1.29, 1.82) is 0 Å². The highest BCUT2D eigenvalue weighted by atomic mass is 16.5. The summed E-state index contributed by atoms with van der Waals surface area (Å²) in [7, 11) is 0. The van der Waals surface area contributed by atoms with Crippen molar-refractivity contribution in [2.75, 3.05) is 19.8 Å². The van der Waals surface area contributed by atoms with Crippen LogP contribution in [0.15, 0.2) is 18.2 Å². The van der Waals surface area contributed by atoms with Gasteiger partial charge in [-0.05, 0) is 55.8 Å². The van der Waals surface area contributed by atoms with E-state index in [4.69, 9.17) is 9.47 Å². The van der Waals surface area contributed by atoms with Crippen molar-refractivity contribution >= 4 is 0 Å². The fourth-order valence-electron chi connectivity index (χ4n) is 3.48. The SMILES string of the molecule is CCNC(CCc1ccc2c(c1)CCO2)CC1CCCO1. The Hall–Kier alpha value is -1.06. The lowest BCUT2D eigenvalue weighted by atomic mass is 9.98. The Balaban J connectivity index is 1.53. The van der Waals surface area contributed by atoms with Crippen LogP contribution >= 0.6 is 0 Å². The van der Waals surface area contributed by atoms with Crippen molar-refractivity contribution < 1.29 is 9.47 Å². The van der Waals surface area contributed by atoms with E-state index in [1.807, 2.05) is 0 Å². The standard InChI is InChI=1S/C18H27NO2/c1-2-19-16(13-17-4-3-10-20-17)7-5-14-6-8-18-15(12-14)9-11-21-18/h6,8,12,16-17,19H,2-5,7,9-11,13H2,1H3. The van der Waals surface area contributed by atoms with E-state index in [-0.39, 0.29) is 0 Å². The second kappa shape index (κ2) is 7.28. The number of aryl methyl sites for hydroxylation is 1. The molecule has 2 aliphatic heterocycles. The van der Waals surface area contributed by atoms with Gasteiger partial charge in [0.2, 0.25) is 0 Å². The number of benzene rings is 1. The first-order valence-corrected chi connectivity index (χ1v) is 8.44. The topological polar surface area (TPSA) is 30.5 Å². The van der Waals surface area contributed by atoms with Crippen molar-refractivity contribution in [3.8, 4) is 5.75 Å². The minimum Gasteiger partial charge on any atom is -0.493 e. The molecule has 0 radical (unpaired) electrons. The van der Waals surface area contributed by atoms with Crippen molar-refractivity contribution in [3.63, 3.8) is 0 Å². The molecule has 2 atom stereocenters. The molecule has 1 N–H and O–H groups in total. The van der Waals surface area contributed by atoms with E-state index in [1.54, 1.807) is 0 Å². The first-order valence-electron chi connectivity index (χ1n) is 8.44. The molecule has 1 aromatic carbocycles. The third-order valence-electron chi connectivity index (χ3n) is 4.60. The lowest BCUT2D eigenvalue weighted by Gasteiger charge is -2.21. The van der Waals surface area contributed by atoms with Crippen LogP contribution in [-0.2, 0) is 17.6 Å². The molecule has 2 heterocycles. The second-order valence-corrected chi connectivity index (χ2v) is 6.20. The van der Waals surface area contributed by atoms with Gasteiger partial charge in [-0.1, -0.05) is 19.1 Å². The fourth-order valence-corrected chi connectivity index (χ4v) is 3.48. The largest absolute Gasteiger partial charge is 0.493 e. The molecule has 1 fully saturated rings. The monoisotopic (exact) mass is 289 g/mol. The average molecular weight is 289 g/mol. The summed E-state index contributed by atoms with van der Waals surface area (Å²) in [6.07, 6.45) is 7.48. The number of fused-ring (bicyclic) bond motifs is 1. The summed E-state index contributed by atoms with van der Waals surface area (Å²) in [5.41, 5.74) is 2.82. The van der Waals surface area contributed by atoms with Crippen LogP contribution in [0.4, 0.5) is 0 Å². The summed E-state index contributed by atoms with van der Waals surface area (Å²) in [6, 6.07) is 7.26. The first kappa shape index (κ1) is 14.9. The molecule has 0 aromatic heterocycles. The van der Waals surface area contributed by atoms with E-state index in [2.05, 4.69) is 30.4 Å². The van der Waals surface area contributed by atoms with Crippen LogP contribution in [0.25, 0.3) is 0 Å². The molecule has 1 aromatic rings. The van der Waals surface area contributed by atoms with E-state index < -0.39 is 0 Å². The van der Waals surface area contributed by atoms with E-state index in [1.165, 1.54) is 30.4 Å². The van der Waals surface area contributed by atoms with E-state index in [0.29, 0.717) is 12.1 Å². The molecular formula is C18H27NO2. The van der Waals surface area contributed by atoms with Gasteiger partial charge in [0.1, 0.15) is 5.75 Å². The maximum Gasteiger partial charge on any atom is 0.122 e. The molecule has 1 saturated heterocycles. The molecule has 3 heteroatoms. The summed E-state index contributed by atoms with van der Waals surface area (Å²) in [5, 5.41) is 3.63. The summed E-state index contributed by atoms with van der Waals surface area (Å²) < 4.78 is 11.4. The number of nitrogens with one attached hydrogen (secondary N) is 1. The zero-order valence-electron chi connectivity index (χ0n) is 13.1. The molecule has 0 amide bonds. The molecule has 0 spiro atoms. The Kier molecular flexibility index (Phi) is 5.15. The highest BCUT2D eigenvalue weighted by molar-refractivity contribution is 5.39. The van der Waals surface area contributed by atoms with Gasteiger partial charge in [0.25, 0.3) is 0 Å². The normalized spacial score (nSPS) is 22.0. The van der Waals surface area contributed by atoms with Crippen LogP contribution in [0, 0.1) is 0 Å². The summed E-state index contributed by atoms with van der Waals surface area (Å²) >= 11 is 0. The van der Waals surface area contributed by atoms with Gasteiger partial charge in [-0.3, -0.25) is 0 Å². The summed E-state index contributed by atoms with van der Waals surface area (Å²) in [4.78, 5) is 0. The minimum absolute atomic E-state index is 0.475. The van der Waals surface area contributed by atoms with Gasteiger partial charge in [0, 0.05) is 19.1 Å². The molecular weight excluding hydrogens is 262 g/mol. The van der Waals surface area contributed by atoms with Crippen molar-refractivity contribution in [1.82, 2.24) is 5.32 Å². The van der Waals surface area contributed by atoms with Gasteiger partial charge in [-0.25, -0.2) is 0 Å². The van der Waals surface area contributed by atoms with Gasteiger partial charge in [0.05, 0.1) is 12.7 Å². The molecule has 2 aliphatic rings. The van der Waals surface area contributed by atoms with Gasteiger partial charge in [-0.15, -0.1) is 0 Å². The van der Waals surface area contributed by atoms with Crippen molar-refractivity contribution in [2.45, 2.75) is 57.6 Å². The zero-order valence-corrected chi connectivity index (χ0v) is 13.1. The Morgan fingerprint density at radius 3 is 3.10 bits per heavy atom. The van der Waals surface area contributed by atoms with Crippen molar-refractivity contribution in [2.24, 2.45) is 0 Å². The predicted molar refractivity (Wildman–Crippen MR) is 85.0 cm³/mol. The molecule has 3 rings (SSSR count). The minimum atomic E-state index is 0.475. The van der Waals surface area contributed by atoms with Crippen LogP contribution in [0.3, 0.4) is 0 Å². The number of hydrogen-bond acceptors (Lipinski definition) is 3. The Morgan fingerprint density at radius 2 is 2.29 bits per heavy atom. The van der Waals surface area contributed by atoms with E-state index in [9.17, 15) is 0 Å². The average Bonchev–Trinajstić information content (AvgIpc) is 3.15. The van der Waals surface area contributed by atoms with Crippen LogP contribution in [0.5, 0.6) is 5.75 Å². The van der Waals surface area contributed by atoms with Crippen LogP contribution in [-0.4, -0.2) is 31.9 Å². The van der Waals surface area contributed by atoms with Gasteiger partial charge < -0.3 is 14.8 Å². The quantitative estimate of drug-likeness (QED) is 0.836. The number of ether oxygens (including phenoxy) is 2. The first-order chi connectivity index (χ1) is 10.3. The van der Waals surface area contributed by atoms with Crippen molar-refractivity contribution in [3.05, 3.63) is 29.3 Å². The highest BCUT2D eigenvalue weighted by Crippen LogP contribution is 2.27. The van der Waals surface area contributed by atoms with Gasteiger partial charge >= 0.3 is 0 Å². The predicted octanol–water partition coefficient (Wildman–Crippen LogP) is 3.10. The lowest BCUT2D eigenvalue weighted by molar-refractivity contribution is 0.0938. The molecule has 21 heavy (non-hydrogen) atoms. The maximum atomic E-state index is 5.79. The van der Waals surface area contributed by atoms with Crippen LogP contribution < -0.4 is 10.1 Å². The molecule has 3 nitrogen and oxygen atoms in total. The van der Waals surface area contributed by atoms with Crippen LogP contribution in [0.2, 0.25) is 0 Å². The van der Waals surface area contributed by atoms with Gasteiger partial charge in [-0.2, -0.15) is 0 Å². The number of rotatable bonds is 7. The Labute approximate surface area is 128 Å². The smallest absolute Gasteiger partial charge is 0.122 e. The van der Waals surface area contributed by atoms with E-state index >= 15 is 0 Å². The fraction of sp³-hybridized carbons (Fsp3) is 0.667. The summed E-state index contributed by atoms with van der Waals surface area (Å²) in [5.74, 6) is 1.08. The lowest BCUT2D eigenvalue weighted by Crippen LogP contribution is -2.33. The Bertz CT molecular complexity index is 455. The van der Waals surface area contributed by atoms with Crippen LogP contribution in [0.1, 0.15) is 43.7 Å². The van der Waals surface area contributed by atoms with E-state index in [0.717, 1.165) is 44.8 Å². The molecule has 0 saturated carbocycles.